The minimum atomic E-state index is -0.852. The topological polar surface area (TPSA) is 115 Å². The second-order valence-corrected chi connectivity index (χ2v) is 9.54. The van der Waals surface area contributed by atoms with Gasteiger partial charge in [-0.1, -0.05) is 61.5 Å². The lowest BCUT2D eigenvalue weighted by Crippen LogP contribution is -2.53. The van der Waals surface area contributed by atoms with E-state index in [2.05, 4.69) is 20.9 Å². The standard InChI is InChI=1S/C25H31N5O4S/c1-17(2)15-21(27-25(33)34-16-18-9-5-4-6-10-18)23(31)26-20(13-14-35-3)24(32)30-22-12-8-7-11-19(22)28-29-30/h4-12,17,20-21H,13-16H2,1-3H3,(H,26,31)(H,27,33)/t20-,21-/m0/s1. The van der Waals surface area contributed by atoms with E-state index < -0.39 is 24.1 Å². The van der Waals surface area contributed by atoms with E-state index in [4.69, 9.17) is 4.74 Å². The Morgan fingerprint density at radius 2 is 1.71 bits per heavy atom. The number of alkyl carbamates (subject to hydrolysis) is 1. The Balaban J connectivity index is 1.70. The van der Waals surface area contributed by atoms with E-state index in [0.29, 0.717) is 29.6 Å². The van der Waals surface area contributed by atoms with E-state index in [1.165, 1.54) is 4.68 Å². The van der Waals surface area contributed by atoms with Crippen molar-refractivity contribution in [2.24, 2.45) is 5.92 Å². The summed E-state index contributed by atoms with van der Waals surface area (Å²) in [5.74, 6) is -0.0416. The first kappa shape index (κ1) is 26.2. The number of benzene rings is 2. The third kappa shape index (κ3) is 7.54. The molecule has 0 spiro atoms. The van der Waals surface area contributed by atoms with E-state index in [0.717, 1.165) is 5.56 Å². The average molecular weight is 498 g/mol. The van der Waals surface area contributed by atoms with E-state index in [1.807, 2.05) is 56.5 Å². The number of amides is 2. The van der Waals surface area contributed by atoms with Crippen LogP contribution in [-0.2, 0) is 16.1 Å². The van der Waals surface area contributed by atoms with Crippen molar-refractivity contribution < 1.29 is 19.1 Å². The fraction of sp³-hybridized carbons (Fsp3) is 0.400. The fourth-order valence-corrected chi connectivity index (χ4v) is 4.03. The fourth-order valence-electron chi connectivity index (χ4n) is 3.55. The van der Waals surface area contributed by atoms with Crippen molar-refractivity contribution in [3.8, 4) is 0 Å². The monoisotopic (exact) mass is 497 g/mol. The van der Waals surface area contributed by atoms with Crippen LogP contribution in [0.2, 0.25) is 0 Å². The van der Waals surface area contributed by atoms with Gasteiger partial charge in [0.1, 0.15) is 24.2 Å². The van der Waals surface area contributed by atoms with Crippen LogP contribution in [0.3, 0.4) is 0 Å². The number of hydrogen-bond acceptors (Lipinski definition) is 7. The van der Waals surface area contributed by atoms with E-state index in [9.17, 15) is 14.4 Å². The number of rotatable bonds is 11. The maximum Gasteiger partial charge on any atom is 0.408 e. The number of ether oxygens (including phenoxy) is 1. The summed E-state index contributed by atoms with van der Waals surface area (Å²) in [6, 6.07) is 14.8. The van der Waals surface area contributed by atoms with Crippen molar-refractivity contribution in [2.45, 2.75) is 45.4 Å². The van der Waals surface area contributed by atoms with Gasteiger partial charge in [0.15, 0.2) is 0 Å². The minimum absolute atomic E-state index is 0.0941. The van der Waals surface area contributed by atoms with E-state index >= 15 is 0 Å². The highest BCUT2D eigenvalue weighted by atomic mass is 32.2. The van der Waals surface area contributed by atoms with Crippen molar-refractivity contribution in [2.75, 3.05) is 12.0 Å². The molecule has 0 unspecified atom stereocenters. The van der Waals surface area contributed by atoms with Gasteiger partial charge in [0.25, 0.3) is 5.91 Å². The summed E-state index contributed by atoms with van der Waals surface area (Å²) in [5, 5.41) is 13.5. The number of carbonyl (C=O) groups excluding carboxylic acids is 3. The largest absolute Gasteiger partial charge is 0.445 e. The van der Waals surface area contributed by atoms with Crippen LogP contribution in [0.15, 0.2) is 54.6 Å². The van der Waals surface area contributed by atoms with Gasteiger partial charge >= 0.3 is 6.09 Å². The van der Waals surface area contributed by atoms with Gasteiger partial charge in [-0.15, -0.1) is 5.10 Å². The average Bonchev–Trinajstić information content (AvgIpc) is 3.29. The maximum atomic E-state index is 13.3. The molecule has 2 atom stereocenters. The van der Waals surface area contributed by atoms with Gasteiger partial charge in [0.2, 0.25) is 5.91 Å². The zero-order valence-corrected chi connectivity index (χ0v) is 21.0. The number of para-hydroxylation sites is 1. The quantitative estimate of drug-likeness (QED) is 0.415. The lowest BCUT2D eigenvalue weighted by Gasteiger charge is -2.23. The highest BCUT2D eigenvalue weighted by Crippen LogP contribution is 2.13. The molecule has 0 fully saturated rings. The first-order valence-electron chi connectivity index (χ1n) is 11.5. The second kappa shape index (κ2) is 12.9. The first-order valence-corrected chi connectivity index (χ1v) is 12.9. The molecule has 2 amide bonds. The predicted molar refractivity (Wildman–Crippen MR) is 136 cm³/mol. The van der Waals surface area contributed by atoms with Crippen LogP contribution in [0.1, 0.15) is 37.0 Å². The number of nitrogens with zero attached hydrogens (tertiary/aromatic N) is 3. The van der Waals surface area contributed by atoms with Crippen molar-refractivity contribution in [3.05, 3.63) is 60.2 Å². The Morgan fingerprint density at radius 1 is 1.00 bits per heavy atom. The van der Waals surface area contributed by atoms with Gasteiger partial charge in [0, 0.05) is 0 Å². The predicted octanol–water partition coefficient (Wildman–Crippen LogP) is 3.65. The summed E-state index contributed by atoms with van der Waals surface area (Å²) in [6.45, 7) is 4.00. The van der Waals surface area contributed by atoms with Crippen LogP contribution in [0.4, 0.5) is 4.79 Å². The summed E-state index contributed by atoms with van der Waals surface area (Å²) < 4.78 is 6.51. The number of fused-ring (bicyclic) bond motifs is 1. The molecule has 2 N–H and O–H groups in total. The molecule has 3 aromatic rings. The molecule has 0 aliphatic heterocycles. The molecule has 10 heteroatoms. The van der Waals surface area contributed by atoms with Gasteiger partial charge in [-0.2, -0.15) is 16.4 Å². The smallest absolute Gasteiger partial charge is 0.408 e. The lowest BCUT2D eigenvalue weighted by molar-refractivity contribution is -0.124. The molecule has 0 aliphatic carbocycles. The van der Waals surface area contributed by atoms with Gasteiger partial charge in [-0.3, -0.25) is 9.59 Å². The van der Waals surface area contributed by atoms with Crippen LogP contribution >= 0.6 is 11.8 Å². The molecule has 35 heavy (non-hydrogen) atoms. The summed E-state index contributed by atoms with van der Waals surface area (Å²) in [7, 11) is 0. The van der Waals surface area contributed by atoms with Crippen LogP contribution in [0.25, 0.3) is 11.0 Å². The molecule has 9 nitrogen and oxygen atoms in total. The van der Waals surface area contributed by atoms with Crippen LogP contribution in [0.5, 0.6) is 0 Å². The van der Waals surface area contributed by atoms with Gasteiger partial charge in [-0.05, 0) is 48.5 Å². The summed E-state index contributed by atoms with van der Waals surface area (Å²) >= 11 is 1.57. The van der Waals surface area contributed by atoms with E-state index in [1.54, 1.807) is 30.0 Å². The number of thioether (sulfide) groups is 1. The molecule has 0 saturated carbocycles. The number of hydrogen-bond donors (Lipinski definition) is 2. The molecular formula is C25H31N5O4S. The van der Waals surface area contributed by atoms with E-state index in [-0.39, 0.29) is 18.4 Å². The normalized spacial score (nSPS) is 12.8. The Hall–Kier alpha value is -3.40. The van der Waals surface area contributed by atoms with Crippen molar-refractivity contribution in [1.82, 2.24) is 25.6 Å². The molecule has 0 radical (unpaired) electrons. The van der Waals surface area contributed by atoms with Gasteiger partial charge in [0.05, 0.1) is 5.52 Å². The molecule has 0 bridgehead atoms. The second-order valence-electron chi connectivity index (χ2n) is 8.56. The molecule has 0 aliphatic rings. The van der Waals surface area contributed by atoms with Crippen LogP contribution in [0, 0.1) is 5.92 Å². The highest BCUT2D eigenvalue weighted by molar-refractivity contribution is 7.98. The number of carbonyl (C=O) groups is 3. The molecule has 1 heterocycles. The Labute approximate surface area is 209 Å². The molecular weight excluding hydrogens is 466 g/mol. The van der Waals surface area contributed by atoms with Gasteiger partial charge in [-0.25, -0.2) is 4.79 Å². The molecule has 0 saturated heterocycles. The highest BCUT2D eigenvalue weighted by Gasteiger charge is 2.29. The number of aromatic nitrogens is 3. The lowest BCUT2D eigenvalue weighted by atomic mass is 10.0. The first-order chi connectivity index (χ1) is 16.9. The Bertz CT molecular complexity index is 1140. The van der Waals surface area contributed by atoms with Crippen LogP contribution in [-0.4, -0.2) is 57.0 Å². The SMILES string of the molecule is CSCC[C@H](NC(=O)[C@H](CC(C)C)NC(=O)OCc1ccccc1)C(=O)n1nnc2ccccc21. The van der Waals surface area contributed by atoms with Crippen LogP contribution < -0.4 is 10.6 Å². The van der Waals surface area contributed by atoms with Crippen molar-refractivity contribution >= 4 is 40.7 Å². The Morgan fingerprint density at radius 3 is 2.43 bits per heavy atom. The third-order valence-electron chi connectivity index (χ3n) is 5.31. The molecule has 2 aromatic carbocycles. The zero-order chi connectivity index (χ0) is 25.2. The minimum Gasteiger partial charge on any atom is -0.445 e. The Kier molecular flexibility index (Phi) is 9.66. The zero-order valence-electron chi connectivity index (χ0n) is 20.1. The maximum absolute atomic E-state index is 13.3. The van der Waals surface area contributed by atoms with Crippen molar-refractivity contribution in [3.63, 3.8) is 0 Å². The molecule has 3 rings (SSSR count). The number of nitrogens with one attached hydrogen (secondary N) is 2. The summed E-state index contributed by atoms with van der Waals surface area (Å²) in [5.41, 5.74) is 2.01. The molecule has 1 aromatic heterocycles. The third-order valence-corrected chi connectivity index (χ3v) is 5.96. The van der Waals surface area contributed by atoms with Crippen molar-refractivity contribution in [1.29, 1.82) is 0 Å². The molecule has 186 valence electrons. The summed E-state index contributed by atoms with van der Waals surface area (Å²) in [4.78, 5) is 39.0. The van der Waals surface area contributed by atoms with Gasteiger partial charge < -0.3 is 15.4 Å². The summed E-state index contributed by atoms with van der Waals surface area (Å²) in [6.07, 6.45) is 2.04.